The molecule has 0 aliphatic rings. The lowest BCUT2D eigenvalue weighted by atomic mass is 10.1. The molecule has 0 saturated heterocycles. The van der Waals surface area contributed by atoms with Crippen LogP contribution >= 0.6 is 7.82 Å². The molecule has 0 fully saturated rings. The van der Waals surface area contributed by atoms with Crippen LogP contribution in [0.2, 0.25) is 0 Å². The second-order valence-electron chi connectivity index (χ2n) is 13.5. The summed E-state index contributed by atoms with van der Waals surface area (Å²) in [5.74, 6) is -3.67. The van der Waals surface area contributed by atoms with Crippen LogP contribution in [0, 0.1) is 5.82 Å². The van der Waals surface area contributed by atoms with Gasteiger partial charge in [-0.2, -0.15) is 4.39 Å². The number of nitrogens with zero attached hydrogens (tertiary/aromatic N) is 2. The molecule has 0 radical (unpaired) electrons. The second-order valence-corrected chi connectivity index (χ2v) is 14.9. The van der Waals surface area contributed by atoms with Gasteiger partial charge in [0.1, 0.15) is 13.2 Å². The van der Waals surface area contributed by atoms with Crippen LogP contribution in [-0.4, -0.2) is 79.1 Å². The zero-order valence-electron chi connectivity index (χ0n) is 31.3. The van der Waals surface area contributed by atoms with E-state index in [-0.39, 0.29) is 32.3 Å². The number of quaternary nitrogens is 1. The summed E-state index contributed by atoms with van der Waals surface area (Å²) in [5, 5.41) is 0. The molecule has 1 aromatic rings. The molecule has 0 saturated carbocycles. The van der Waals surface area contributed by atoms with Crippen molar-refractivity contribution in [3.05, 3.63) is 45.0 Å². The number of carbonyl (C=O) groups excluding carboxylic acids is 3. The Morgan fingerprint density at radius 2 is 1.42 bits per heavy atom. The molecule has 0 aromatic carbocycles. The van der Waals surface area contributed by atoms with Gasteiger partial charge < -0.3 is 28.1 Å². The first-order valence-corrected chi connectivity index (χ1v) is 19.7. The van der Waals surface area contributed by atoms with Crippen molar-refractivity contribution in [1.82, 2.24) is 9.55 Å². The number of H-pyrrole nitrogens is 1. The Morgan fingerprint density at radius 3 is 2.06 bits per heavy atom. The van der Waals surface area contributed by atoms with Crippen LogP contribution in [-0.2, 0) is 48.9 Å². The molecular weight excluding hydrogens is 704 g/mol. The molecule has 1 N–H and O–H groups in total. The maximum atomic E-state index is 13.4. The summed E-state index contributed by atoms with van der Waals surface area (Å²) in [4.78, 5) is 73.8. The van der Waals surface area contributed by atoms with Crippen LogP contribution in [0.15, 0.2) is 27.9 Å². The highest BCUT2D eigenvalue weighted by atomic mass is 31.2. The number of esters is 3. The molecule has 0 amide bonds. The fourth-order valence-electron chi connectivity index (χ4n) is 4.64. The molecule has 2 atom stereocenters. The highest BCUT2D eigenvalue weighted by Gasteiger charge is 2.25. The molecule has 1 heterocycles. The highest BCUT2D eigenvalue weighted by molar-refractivity contribution is 7.45. The van der Waals surface area contributed by atoms with Crippen molar-refractivity contribution in [2.75, 3.05) is 40.9 Å². The van der Waals surface area contributed by atoms with Crippen LogP contribution in [0.3, 0.4) is 0 Å². The fraction of sp³-hybridized carbons (Fsp3) is 0.743. The third-order valence-electron chi connectivity index (χ3n) is 7.64. The zero-order chi connectivity index (χ0) is 38.8. The maximum absolute atomic E-state index is 13.4. The largest absolute Gasteiger partial charge is 0.756 e. The van der Waals surface area contributed by atoms with Crippen LogP contribution in [0.5, 0.6) is 0 Å². The number of halogens is 1. The number of likely N-dealkylation sites (N-methyl/N-ethyl adjacent to an activating group) is 1. The average molecular weight is 764 g/mol. The van der Waals surface area contributed by atoms with Crippen molar-refractivity contribution < 1.29 is 56.0 Å². The first kappa shape index (κ1) is 46.9. The van der Waals surface area contributed by atoms with Gasteiger partial charge in [0, 0.05) is 19.3 Å². The van der Waals surface area contributed by atoms with E-state index < -0.39 is 62.4 Å². The molecule has 0 aliphatic carbocycles. The lowest BCUT2D eigenvalue weighted by Gasteiger charge is -2.29. The van der Waals surface area contributed by atoms with Gasteiger partial charge in [-0.3, -0.25) is 37.8 Å². The van der Waals surface area contributed by atoms with Crippen LogP contribution in [0.25, 0.3) is 0 Å². The predicted molar refractivity (Wildman–Crippen MR) is 189 cm³/mol. The van der Waals surface area contributed by atoms with Gasteiger partial charge in [0.05, 0.1) is 27.3 Å². The third-order valence-corrected chi connectivity index (χ3v) is 8.63. The molecule has 0 spiro atoms. The summed E-state index contributed by atoms with van der Waals surface area (Å²) in [6.45, 7) is 0.957. The first-order chi connectivity index (χ1) is 24.6. The molecular formula is C35H59FN3O12P. The van der Waals surface area contributed by atoms with Gasteiger partial charge in [-0.1, -0.05) is 70.4 Å². The molecule has 298 valence electrons. The Hall–Kier alpha value is -3.17. The summed E-state index contributed by atoms with van der Waals surface area (Å²) in [5.41, 5.74) is -2.20. The molecule has 52 heavy (non-hydrogen) atoms. The minimum Gasteiger partial charge on any atom is -0.756 e. The Labute approximate surface area is 306 Å². The number of unbranched alkanes of at least 4 members (excludes halogenated alkanes) is 11. The summed E-state index contributed by atoms with van der Waals surface area (Å²) in [7, 11) is 0.518. The Bertz CT molecular complexity index is 1390. The molecule has 2 unspecified atom stereocenters. The van der Waals surface area contributed by atoms with Gasteiger partial charge in [-0.15, -0.1) is 0 Å². The Kier molecular flexibility index (Phi) is 23.9. The minimum atomic E-state index is -4.98. The SMILES string of the molecule is CCCCCCCC/C=C/CCCCCCCC(=O)OCC(OC(=O)CCCC(=O)OCn1cc(F)c(=O)[nH]c1=O)OP(=O)([O-])OCC[N+](C)(C)C. The number of rotatable bonds is 30. The molecule has 0 bridgehead atoms. The lowest BCUT2D eigenvalue weighted by molar-refractivity contribution is -0.870. The van der Waals surface area contributed by atoms with Crippen LogP contribution < -0.4 is 16.1 Å². The highest BCUT2D eigenvalue weighted by Crippen LogP contribution is 2.40. The summed E-state index contributed by atoms with van der Waals surface area (Å²) < 4.78 is 51.8. The maximum Gasteiger partial charge on any atom is 0.331 e. The van der Waals surface area contributed by atoms with Crippen molar-refractivity contribution >= 4 is 25.7 Å². The predicted octanol–water partition coefficient (Wildman–Crippen LogP) is 5.00. The first-order valence-electron chi connectivity index (χ1n) is 18.2. The van der Waals surface area contributed by atoms with Gasteiger partial charge in [0.2, 0.25) is 12.1 Å². The normalized spacial score (nSPS) is 13.5. The van der Waals surface area contributed by atoms with Crippen LogP contribution in [0.1, 0.15) is 116 Å². The summed E-state index contributed by atoms with van der Waals surface area (Å²) in [6.07, 6.45) is 16.9. The number of hydrogen-bond acceptors (Lipinski definition) is 12. The number of allylic oxidation sites excluding steroid dienone is 2. The van der Waals surface area contributed by atoms with E-state index in [1.54, 1.807) is 4.98 Å². The van der Waals surface area contributed by atoms with E-state index in [1.165, 1.54) is 38.5 Å². The van der Waals surface area contributed by atoms with Gasteiger partial charge in [-0.25, -0.2) is 4.79 Å². The van der Waals surface area contributed by atoms with Gasteiger partial charge >= 0.3 is 23.6 Å². The summed E-state index contributed by atoms with van der Waals surface area (Å²) in [6, 6.07) is 0. The van der Waals surface area contributed by atoms with Crippen molar-refractivity contribution in [2.24, 2.45) is 0 Å². The number of nitrogens with one attached hydrogen (secondary N) is 1. The number of hydrogen-bond donors (Lipinski definition) is 1. The molecule has 1 rings (SSSR count). The van der Waals surface area contributed by atoms with E-state index in [1.807, 2.05) is 21.1 Å². The van der Waals surface area contributed by atoms with E-state index in [4.69, 9.17) is 23.3 Å². The van der Waals surface area contributed by atoms with Crippen molar-refractivity contribution in [3.8, 4) is 0 Å². The molecule has 0 aliphatic heterocycles. The van der Waals surface area contributed by atoms with Crippen molar-refractivity contribution in [3.63, 3.8) is 0 Å². The number of aromatic nitrogens is 2. The number of phosphoric acid groups is 1. The molecule has 17 heteroatoms. The topological polar surface area (TPSA) is 192 Å². The average Bonchev–Trinajstić information content (AvgIpc) is 3.05. The zero-order valence-corrected chi connectivity index (χ0v) is 32.2. The van der Waals surface area contributed by atoms with Crippen molar-refractivity contribution in [2.45, 2.75) is 129 Å². The fourth-order valence-corrected chi connectivity index (χ4v) is 5.39. The Morgan fingerprint density at radius 1 is 0.865 bits per heavy atom. The Balaban J connectivity index is 2.45. The van der Waals surface area contributed by atoms with E-state index in [2.05, 4.69) is 19.1 Å². The number of carbonyl (C=O) groups is 3. The molecule has 1 aromatic heterocycles. The number of ether oxygens (including phenoxy) is 3. The second kappa shape index (κ2) is 26.6. The minimum absolute atomic E-state index is 0.0911. The number of phosphoric ester groups is 1. The van der Waals surface area contributed by atoms with Crippen LogP contribution in [0.4, 0.5) is 4.39 Å². The van der Waals surface area contributed by atoms with Gasteiger partial charge in [0.25, 0.3) is 13.4 Å². The van der Waals surface area contributed by atoms with E-state index in [0.29, 0.717) is 28.2 Å². The quantitative estimate of drug-likeness (QED) is 0.0210. The smallest absolute Gasteiger partial charge is 0.331 e. The van der Waals surface area contributed by atoms with Gasteiger partial charge in [0.15, 0.2) is 13.3 Å². The van der Waals surface area contributed by atoms with Gasteiger partial charge in [-0.05, 0) is 38.5 Å². The number of aromatic amines is 1. The third kappa shape index (κ3) is 24.9. The monoisotopic (exact) mass is 763 g/mol. The van der Waals surface area contributed by atoms with E-state index in [9.17, 15) is 37.8 Å². The van der Waals surface area contributed by atoms with E-state index >= 15 is 0 Å². The van der Waals surface area contributed by atoms with E-state index in [0.717, 1.165) is 38.5 Å². The van der Waals surface area contributed by atoms with Crippen molar-refractivity contribution in [1.29, 1.82) is 0 Å². The molecule has 15 nitrogen and oxygen atoms in total. The standard InChI is InChI=1S/C35H59FN3O12P/c1-5-6-7-8-9-10-11-12-13-14-15-16-17-18-19-21-30(40)47-27-33(51-52(45,46)49-25-24-39(2,3)4)50-32(42)23-20-22-31(41)48-28-38-26-29(36)34(43)37-35(38)44/h12-13,26,33H,5-11,14-25,27-28H2,1-4H3,(H-,37,43,44,45,46)/b13-12+. The lowest BCUT2D eigenvalue weighted by Crippen LogP contribution is -2.38. The summed E-state index contributed by atoms with van der Waals surface area (Å²) >= 11 is 0.